The zero-order chi connectivity index (χ0) is 16.4. The van der Waals surface area contributed by atoms with Crippen LogP contribution in [0.3, 0.4) is 0 Å². The predicted molar refractivity (Wildman–Crippen MR) is 94.3 cm³/mol. The zero-order valence-corrected chi connectivity index (χ0v) is 14.7. The number of hydrogen-bond acceptors (Lipinski definition) is 4. The van der Waals surface area contributed by atoms with E-state index in [0.717, 1.165) is 11.0 Å². The van der Waals surface area contributed by atoms with Crippen LogP contribution in [0, 0.1) is 0 Å². The van der Waals surface area contributed by atoms with Gasteiger partial charge in [-0.05, 0) is 38.7 Å². The first-order chi connectivity index (χ1) is 10.2. The van der Waals surface area contributed by atoms with E-state index >= 15 is 0 Å². The Morgan fingerprint density at radius 2 is 1.77 bits per heavy atom. The van der Waals surface area contributed by atoms with E-state index in [9.17, 15) is 4.79 Å². The highest BCUT2D eigenvalue weighted by molar-refractivity contribution is 8.13. The molecule has 0 spiro atoms. The summed E-state index contributed by atoms with van der Waals surface area (Å²) < 4.78 is 12.2. The van der Waals surface area contributed by atoms with E-state index in [1.54, 1.807) is 6.92 Å². The van der Waals surface area contributed by atoms with Crippen molar-refractivity contribution < 1.29 is 14.1 Å². The Morgan fingerprint density at radius 1 is 1.18 bits per heavy atom. The minimum atomic E-state index is -0.369. The van der Waals surface area contributed by atoms with Gasteiger partial charge >= 0.3 is 7.12 Å². The molecule has 0 aliphatic carbocycles. The van der Waals surface area contributed by atoms with Gasteiger partial charge in [-0.25, -0.2) is 0 Å². The molecule has 118 valence electrons. The highest BCUT2D eigenvalue weighted by Crippen LogP contribution is 2.36. The quantitative estimate of drug-likeness (QED) is 0.798. The third-order valence-corrected chi connectivity index (χ3v) is 4.95. The molecule has 0 amide bonds. The molecule has 0 radical (unpaired) electrons. The molecule has 0 N–H and O–H groups in total. The summed E-state index contributed by atoms with van der Waals surface area (Å²) in [7, 11) is -0.369. The molecule has 0 aromatic heterocycles. The van der Waals surface area contributed by atoms with Crippen molar-refractivity contribution in [2.45, 2.75) is 45.8 Å². The second-order valence-corrected chi connectivity index (χ2v) is 7.62. The van der Waals surface area contributed by atoms with E-state index in [2.05, 4.69) is 27.7 Å². The summed E-state index contributed by atoms with van der Waals surface area (Å²) in [6, 6.07) is 8.05. The third-order valence-electron chi connectivity index (χ3n) is 4.18. The SMILES string of the molecule is CC(=O)SCC=Cc1ccccc1B1OC(C)(C)C(C)(C)O1. The summed E-state index contributed by atoms with van der Waals surface area (Å²) >= 11 is 1.30. The van der Waals surface area contributed by atoms with Crippen molar-refractivity contribution in [3.63, 3.8) is 0 Å². The van der Waals surface area contributed by atoms with Gasteiger partial charge in [0.05, 0.1) is 11.2 Å². The van der Waals surface area contributed by atoms with Gasteiger partial charge in [0.25, 0.3) is 0 Å². The Hall–Kier alpha value is -1.04. The van der Waals surface area contributed by atoms with Crippen LogP contribution in [-0.2, 0) is 14.1 Å². The van der Waals surface area contributed by atoms with Gasteiger partial charge in [-0.3, -0.25) is 4.79 Å². The van der Waals surface area contributed by atoms with Crippen molar-refractivity contribution in [1.82, 2.24) is 0 Å². The standard InChI is InChI=1S/C17H23BO3S/c1-13(19)22-12-8-10-14-9-6-7-11-15(14)18-20-16(2,3)17(4,5)21-18/h6-11H,12H2,1-5H3. The van der Waals surface area contributed by atoms with Gasteiger partial charge in [-0.1, -0.05) is 48.2 Å². The lowest BCUT2D eigenvalue weighted by molar-refractivity contribution is -0.109. The lowest BCUT2D eigenvalue weighted by Gasteiger charge is -2.32. The van der Waals surface area contributed by atoms with Gasteiger partial charge in [0.15, 0.2) is 5.12 Å². The average Bonchev–Trinajstić information content (AvgIpc) is 2.64. The number of benzene rings is 1. The maximum absolute atomic E-state index is 11.0. The predicted octanol–water partition coefficient (Wildman–Crippen LogP) is 3.28. The first-order valence-electron chi connectivity index (χ1n) is 7.47. The fourth-order valence-corrected chi connectivity index (χ4v) is 2.62. The molecular formula is C17H23BO3S. The lowest BCUT2D eigenvalue weighted by atomic mass is 9.76. The summed E-state index contributed by atoms with van der Waals surface area (Å²) in [5.41, 5.74) is 1.38. The van der Waals surface area contributed by atoms with Gasteiger partial charge in [-0.2, -0.15) is 0 Å². The molecule has 1 aliphatic rings. The van der Waals surface area contributed by atoms with Crippen molar-refractivity contribution in [3.8, 4) is 0 Å². The van der Waals surface area contributed by atoms with Crippen LogP contribution >= 0.6 is 11.8 Å². The van der Waals surface area contributed by atoms with E-state index in [1.165, 1.54) is 11.8 Å². The number of hydrogen-bond donors (Lipinski definition) is 0. The van der Waals surface area contributed by atoms with Gasteiger partial charge < -0.3 is 9.31 Å². The Morgan fingerprint density at radius 3 is 2.36 bits per heavy atom. The van der Waals surface area contributed by atoms with Crippen LogP contribution in [0.2, 0.25) is 0 Å². The molecule has 1 aromatic carbocycles. The molecule has 1 fully saturated rings. The van der Waals surface area contributed by atoms with E-state index < -0.39 is 0 Å². The summed E-state index contributed by atoms with van der Waals surface area (Å²) in [4.78, 5) is 11.0. The molecule has 3 nitrogen and oxygen atoms in total. The summed E-state index contributed by atoms with van der Waals surface area (Å²) in [5.74, 6) is 0.674. The Bertz CT molecular complexity index is 565. The molecule has 2 rings (SSSR count). The molecular weight excluding hydrogens is 295 g/mol. The van der Waals surface area contributed by atoms with Crippen molar-refractivity contribution in [3.05, 3.63) is 35.9 Å². The smallest absolute Gasteiger partial charge is 0.399 e. The molecule has 1 saturated heterocycles. The second kappa shape index (κ2) is 6.61. The van der Waals surface area contributed by atoms with Gasteiger partial charge in [-0.15, -0.1) is 0 Å². The Labute approximate surface area is 137 Å². The summed E-state index contributed by atoms with van der Waals surface area (Å²) in [6.45, 7) is 9.78. The van der Waals surface area contributed by atoms with Crippen LogP contribution in [0.5, 0.6) is 0 Å². The number of rotatable bonds is 4. The normalized spacial score (nSPS) is 19.8. The van der Waals surface area contributed by atoms with Crippen LogP contribution in [0.1, 0.15) is 40.2 Å². The summed E-state index contributed by atoms with van der Waals surface area (Å²) in [5, 5.41) is 0.129. The maximum atomic E-state index is 11.0. The van der Waals surface area contributed by atoms with Crippen LogP contribution in [-0.4, -0.2) is 29.2 Å². The van der Waals surface area contributed by atoms with Gasteiger partial charge in [0.1, 0.15) is 0 Å². The fourth-order valence-electron chi connectivity index (χ4n) is 2.19. The molecule has 1 aromatic rings. The second-order valence-electron chi connectivity index (χ2n) is 6.42. The molecule has 0 bridgehead atoms. The number of thioether (sulfide) groups is 1. The Balaban J connectivity index is 2.18. The van der Waals surface area contributed by atoms with Crippen LogP contribution in [0.15, 0.2) is 30.3 Å². The first kappa shape index (κ1) is 17.3. The van der Waals surface area contributed by atoms with E-state index in [-0.39, 0.29) is 23.4 Å². The highest BCUT2D eigenvalue weighted by Gasteiger charge is 2.52. The molecule has 1 heterocycles. The maximum Gasteiger partial charge on any atom is 0.495 e. The topological polar surface area (TPSA) is 35.5 Å². The van der Waals surface area contributed by atoms with E-state index in [0.29, 0.717) is 5.75 Å². The fraction of sp³-hybridized carbons (Fsp3) is 0.471. The number of carbonyl (C=O) groups excluding carboxylic acids is 1. The molecule has 0 saturated carbocycles. The highest BCUT2D eigenvalue weighted by atomic mass is 32.2. The molecule has 5 heteroatoms. The number of carbonyl (C=O) groups is 1. The average molecular weight is 318 g/mol. The summed E-state index contributed by atoms with van der Waals surface area (Å²) in [6.07, 6.45) is 4.02. The first-order valence-corrected chi connectivity index (χ1v) is 8.46. The molecule has 0 unspecified atom stereocenters. The van der Waals surface area contributed by atoms with Gasteiger partial charge in [0.2, 0.25) is 0 Å². The van der Waals surface area contributed by atoms with Crippen LogP contribution in [0.25, 0.3) is 6.08 Å². The molecule has 1 aliphatic heterocycles. The zero-order valence-electron chi connectivity index (χ0n) is 13.9. The molecule has 0 atom stereocenters. The van der Waals surface area contributed by atoms with E-state index in [4.69, 9.17) is 9.31 Å². The minimum Gasteiger partial charge on any atom is -0.399 e. The Kier molecular flexibility index (Phi) is 5.20. The van der Waals surface area contributed by atoms with Crippen LogP contribution in [0.4, 0.5) is 0 Å². The van der Waals surface area contributed by atoms with Gasteiger partial charge in [0, 0.05) is 12.7 Å². The monoisotopic (exact) mass is 318 g/mol. The van der Waals surface area contributed by atoms with Crippen molar-refractivity contribution in [2.75, 3.05) is 5.75 Å². The van der Waals surface area contributed by atoms with Crippen molar-refractivity contribution in [1.29, 1.82) is 0 Å². The van der Waals surface area contributed by atoms with E-state index in [1.807, 2.05) is 36.4 Å². The largest absolute Gasteiger partial charge is 0.495 e. The van der Waals surface area contributed by atoms with Crippen molar-refractivity contribution in [2.24, 2.45) is 0 Å². The lowest BCUT2D eigenvalue weighted by Crippen LogP contribution is -2.41. The minimum absolute atomic E-state index is 0.129. The third kappa shape index (κ3) is 3.83. The molecule has 22 heavy (non-hydrogen) atoms. The van der Waals surface area contributed by atoms with Crippen LogP contribution < -0.4 is 5.46 Å². The van der Waals surface area contributed by atoms with Crippen molar-refractivity contribution >= 4 is 35.5 Å².